The highest BCUT2D eigenvalue weighted by atomic mass is 32.2. The summed E-state index contributed by atoms with van der Waals surface area (Å²) < 4.78 is 0. The smallest absolute Gasteiger partial charge is 0.318 e. The van der Waals surface area contributed by atoms with Crippen LogP contribution < -0.4 is 5.32 Å². The van der Waals surface area contributed by atoms with Crippen molar-refractivity contribution in [1.29, 1.82) is 0 Å². The molecule has 25 heavy (non-hydrogen) atoms. The fourth-order valence-electron chi connectivity index (χ4n) is 2.22. The van der Waals surface area contributed by atoms with Gasteiger partial charge in [-0.25, -0.2) is 0 Å². The van der Waals surface area contributed by atoms with E-state index >= 15 is 0 Å². The van der Waals surface area contributed by atoms with Crippen LogP contribution in [0.2, 0.25) is 0 Å². The lowest BCUT2D eigenvalue weighted by atomic mass is 10.1. The number of carbonyl (C=O) groups excluding carboxylic acids is 1. The van der Waals surface area contributed by atoms with Crippen molar-refractivity contribution >= 4 is 40.8 Å². The van der Waals surface area contributed by atoms with Crippen molar-refractivity contribution in [3.63, 3.8) is 0 Å². The van der Waals surface area contributed by atoms with Crippen LogP contribution in [0, 0.1) is 20.2 Å². The summed E-state index contributed by atoms with van der Waals surface area (Å²) >= 11 is 1.10. The topological polar surface area (TPSA) is 136 Å². The quantitative estimate of drug-likeness (QED) is 0.487. The van der Waals surface area contributed by atoms with Gasteiger partial charge in [0.25, 0.3) is 11.6 Å². The molecular formula is C15H9N3O6S. The molecule has 0 unspecified atom stereocenters. The van der Waals surface area contributed by atoms with Crippen LogP contribution in [-0.4, -0.2) is 20.9 Å². The van der Waals surface area contributed by atoms with Gasteiger partial charge < -0.3 is 10.4 Å². The zero-order chi connectivity index (χ0) is 18.1. The van der Waals surface area contributed by atoms with E-state index in [1.807, 2.05) is 0 Å². The number of phenols is 1. The Morgan fingerprint density at radius 1 is 1.12 bits per heavy atom. The lowest BCUT2D eigenvalue weighted by Gasteiger charge is -2.18. The monoisotopic (exact) mass is 359 g/mol. The molecule has 0 saturated carbocycles. The van der Waals surface area contributed by atoms with E-state index < -0.39 is 32.9 Å². The van der Waals surface area contributed by atoms with E-state index in [4.69, 9.17) is 0 Å². The third-order valence-corrected chi connectivity index (χ3v) is 4.48. The summed E-state index contributed by atoms with van der Waals surface area (Å²) in [4.78, 5) is 33.3. The van der Waals surface area contributed by atoms with Gasteiger partial charge in [0.1, 0.15) is 0 Å². The van der Waals surface area contributed by atoms with Crippen molar-refractivity contribution in [3.8, 4) is 5.75 Å². The first-order chi connectivity index (χ1) is 11.9. The number of amides is 1. The number of aromatic hydroxyl groups is 1. The second kappa shape index (κ2) is 6.24. The zero-order valence-electron chi connectivity index (χ0n) is 12.3. The lowest BCUT2D eigenvalue weighted by Crippen LogP contribution is -2.17. The third kappa shape index (κ3) is 3.15. The Hall–Kier alpha value is -3.40. The number of nitro benzene ring substituents is 2. The first kappa shape index (κ1) is 16.5. The zero-order valence-corrected chi connectivity index (χ0v) is 13.1. The Balaban J connectivity index is 2.11. The number of hydrogen-bond donors (Lipinski definition) is 2. The normalized spacial score (nSPS) is 14.7. The van der Waals surface area contributed by atoms with Crippen molar-refractivity contribution in [2.45, 2.75) is 4.90 Å². The highest BCUT2D eigenvalue weighted by Gasteiger charge is 2.26. The van der Waals surface area contributed by atoms with Crippen molar-refractivity contribution in [2.75, 3.05) is 5.32 Å². The van der Waals surface area contributed by atoms with Gasteiger partial charge in [0, 0.05) is 16.5 Å². The van der Waals surface area contributed by atoms with E-state index in [1.54, 1.807) is 24.3 Å². The minimum atomic E-state index is -0.923. The van der Waals surface area contributed by atoms with Gasteiger partial charge in [-0.15, -0.1) is 0 Å². The number of carbonyl (C=O) groups is 1. The summed E-state index contributed by atoms with van der Waals surface area (Å²) in [5, 5.41) is 34.6. The molecule has 0 bridgehead atoms. The average molecular weight is 359 g/mol. The molecule has 0 atom stereocenters. The van der Waals surface area contributed by atoms with Gasteiger partial charge in [0.2, 0.25) is 5.75 Å². The van der Waals surface area contributed by atoms with Crippen LogP contribution in [0.25, 0.3) is 6.08 Å². The Morgan fingerprint density at radius 3 is 2.52 bits per heavy atom. The average Bonchev–Trinajstić information content (AvgIpc) is 2.56. The van der Waals surface area contributed by atoms with Gasteiger partial charge in [-0.2, -0.15) is 0 Å². The van der Waals surface area contributed by atoms with Gasteiger partial charge in [-0.05, 0) is 18.2 Å². The predicted octanol–water partition coefficient (Wildman–Crippen LogP) is 3.29. The van der Waals surface area contributed by atoms with Crippen LogP contribution >= 0.6 is 11.8 Å². The molecule has 10 heteroatoms. The summed E-state index contributed by atoms with van der Waals surface area (Å²) in [6, 6.07) is 8.65. The molecule has 0 fully saturated rings. The van der Waals surface area contributed by atoms with Crippen molar-refractivity contribution in [3.05, 3.63) is 67.1 Å². The number of fused-ring (bicyclic) bond motifs is 1. The molecule has 2 aromatic carbocycles. The molecular weight excluding hydrogens is 350 g/mol. The molecule has 2 N–H and O–H groups in total. The van der Waals surface area contributed by atoms with E-state index in [0.29, 0.717) is 11.8 Å². The molecule has 0 aliphatic carbocycles. The minimum absolute atomic E-state index is 0.142. The van der Waals surface area contributed by atoms with Crippen LogP contribution in [0.3, 0.4) is 0 Å². The fraction of sp³-hybridized carbons (Fsp3) is 0. The maximum Gasteiger partial charge on any atom is 0.318 e. The summed E-state index contributed by atoms with van der Waals surface area (Å²) in [5.74, 6) is -1.22. The van der Waals surface area contributed by atoms with Crippen molar-refractivity contribution < 1.29 is 19.7 Å². The van der Waals surface area contributed by atoms with Gasteiger partial charge >= 0.3 is 5.69 Å². The maximum atomic E-state index is 12.2. The number of nitro groups is 2. The molecule has 1 aliphatic heterocycles. The van der Waals surface area contributed by atoms with Crippen LogP contribution in [-0.2, 0) is 4.79 Å². The lowest BCUT2D eigenvalue weighted by molar-refractivity contribution is -0.394. The Labute approximate surface area is 144 Å². The van der Waals surface area contributed by atoms with Crippen LogP contribution in [0.1, 0.15) is 5.56 Å². The van der Waals surface area contributed by atoms with E-state index in [0.717, 1.165) is 22.7 Å². The first-order valence-corrected chi connectivity index (χ1v) is 7.64. The minimum Gasteiger partial charge on any atom is -0.502 e. The number of anilines is 1. The molecule has 0 radical (unpaired) electrons. The van der Waals surface area contributed by atoms with Crippen LogP contribution in [0.4, 0.5) is 17.1 Å². The van der Waals surface area contributed by atoms with Gasteiger partial charge in [0.15, 0.2) is 0 Å². The number of hydrogen-bond acceptors (Lipinski definition) is 7. The number of phenolic OH excluding ortho intramolecular Hbond substituents is 1. The molecule has 3 rings (SSSR count). The molecule has 126 valence electrons. The van der Waals surface area contributed by atoms with Crippen molar-refractivity contribution in [2.24, 2.45) is 0 Å². The molecule has 1 heterocycles. The third-order valence-electron chi connectivity index (χ3n) is 3.38. The highest BCUT2D eigenvalue weighted by Crippen LogP contribution is 2.41. The molecule has 1 aliphatic rings. The fourth-order valence-corrected chi connectivity index (χ4v) is 3.17. The molecule has 0 aromatic heterocycles. The molecule has 0 spiro atoms. The number of nitrogens with zero attached hydrogens (tertiary/aromatic N) is 2. The number of para-hydroxylation sites is 1. The van der Waals surface area contributed by atoms with Crippen LogP contribution in [0.5, 0.6) is 5.75 Å². The largest absolute Gasteiger partial charge is 0.502 e. The number of nitrogens with one attached hydrogen (secondary N) is 1. The molecule has 0 saturated heterocycles. The summed E-state index contributed by atoms with van der Waals surface area (Å²) in [6.45, 7) is 0. The molecule has 1 amide bonds. The van der Waals surface area contributed by atoms with Gasteiger partial charge in [-0.3, -0.25) is 25.0 Å². The summed E-state index contributed by atoms with van der Waals surface area (Å²) in [7, 11) is 0. The predicted molar refractivity (Wildman–Crippen MR) is 90.3 cm³/mol. The Morgan fingerprint density at radius 2 is 1.84 bits per heavy atom. The summed E-state index contributed by atoms with van der Waals surface area (Å²) in [6.07, 6.45) is 1.19. The molecule has 2 aromatic rings. The Kier molecular flexibility index (Phi) is 4.11. The van der Waals surface area contributed by atoms with Gasteiger partial charge in [0.05, 0.1) is 26.5 Å². The van der Waals surface area contributed by atoms with Crippen LogP contribution in [0.15, 0.2) is 46.2 Å². The highest BCUT2D eigenvalue weighted by molar-refractivity contribution is 8.04. The van der Waals surface area contributed by atoms with Gasteiger partial charge in [-0.1, -0.05) is 23.9 Å². The first-order valence-electron chi connectivity index (χ1n) is 6.82. The second-order valence-corrected chi connectivity index (χ2v) is 6.06. The van der Waals surface area contributed by atoms with E-state index in [2.05, 4.69) is 5.32 Å². The second-order valence-electron chi connectivity index (χ2n) is 4.98. The van der Waals surface area contributed by atoms with E-state index in [9.17, 15) is 30.1 Å². The van der Waals surface area contributed by atoms with E-state index in [-0.39, 0.29) is 10.5 Å². The number of benzene rings is 2. The van der Waals surface area contributed by atoms with E-state index in [1.165, 1.54) is 6.08 Å². The number of non-ortho nitro benzene ring substituents is 1. The molecule has 9 nitrogen and oxygen atoms in total. The SMILES string of the molecule is O=C1Nc2ccccc2S/C1=C\c1cc([N+](=O)[O-])cc([N+](=O)[O-])c1O. The number of rotatable bonds is 3. The Bertz CT molecular complexity index is 956. The summed E-state index contributed by atoms with van der Waals surface area (Å²) in [5.41, 5.74) is -0.928. The number of thioether (sulfide) groups is 1. The van der Waals surface area contributed by atoms with Crippen molar-refractivity contribution in [1.82, 2.24) is 0 Å². The standard InChI is InChI=1S/C15H9N3O6S/c19-14-8(5-9(17(21)22)7-11(14)18(23)24)6-13-15(20)16-10-3-1-2-4-12(10)25-13/h1-7,19H,(H,16,20)/b13-6-. The maximum absolute atomic E-state index is 12.2.